The number of carbonyl (C=O) groups is 1. The number of aromatic nitrogens is 2. The Morgan fingerprint density at radius 1 is 1.43 bits per heavy atom. The quantitative estimate of drug-likeness (QED) is 0.890. The van der Waals surface area contributed by atoms with E-state index in [1.54, 1.807) is 12.3 Å². The van der Waals surface area contributed by atoms with E-state index < -0.39 is 16.8 Å². The van der Waals surface area contributed by atoms with E-state index in [2.05, 4.69) is 9.97 Å². The second kappa shape index (κ2) is 6.51. The molecule has 7 heteroatoms. The molecule has 2 atom stereocenters. The Bertz CT molecular complexity index is 555. The summed E-state index contributed by atoms with van der Waals surface area (Å²) < 4.78 is 11.3. The van der Waals surface area contributed by atoms with Crippen molar-refractivity contribution in [2.24, 2.45) is 0 Å². The maximum atomic E-state index is 11.3. The summed E-state index contributed by atoms with van der Waals surface area (Å²) in [6, 6.07) is 1.78. The first-order valence-corrected chi connectivity index (χ1v) is 8.40. The minimum atomic E-state index is -1.15. The number of anilines is 1. The lowest BCUT2D eigenvalue weighted by molar-refractivity contribution is 0.0683. The summed E-state index contributed by atoms with van der Waals surface area (Å²) in [5.74, 6) is -0.338. The van der Waals surface area contributed by atoms with Gasteiger partial charge >= 0.3 is 5.97 Å². The van der Waals surface area contributed by atoms with Crippen molar-refractivity contribution in [2.45, 2.75) is 39.2 Å². The molecule has 1 aromatic rings. The van der Waals surface area contributed by atoms with Crippen LogP contribution in [0.1, 0.15) is 44.0 Å². The summed E-state index contributed by atoms with van der Waals surface area (Å²) in [5, 5.41) is 9.17. The number of nitrogens with zero attached hydrogens (tertiary/aromatic N) is 3. The van der Waals surface area contributed by atoms with Gasteiger partial charge in [-0.3, -0.25) is 4.21 Å². The zero-order valence-corrected chi connectivity index (χ0v) is 14.2. The van der Waals surface area contributed by atoms with E-state index in [0.717, 1.165) is 0 Å². The van der Waals surface area contributed by atoms with Crippen molar-refractivity contribution >= 4 is 22.6 Å². The maximum Gasteiger partial charge on any atom is 0.374 e. The summed E-state index contributed by atoms with van der Waals surface area (Å²) in [4.78, 5) is 21.2. The van der Waals surface area contributed by atoms with Crippen molar-refractivity contribution in [3.63, 3.8) is 0 Å². The van der Waals surface area contributed by atoms with E-state index >= 15 is 0 Å². The highest BCUT2D eigenvalue weighted by atomic mass is 32.2. The minimum absolute atomic E-state index is 0.0137. The molecule has 0 aromatic carbocycles. The molecule has 1 rings (SSSR count). The van der Waals surface area contributed by atoms with Gasteiger partial charge in [0.2, 0.25) is 5.82 Å². The molecule has 1 N–H and O–H groups in total. The molecule has 0 saturated carbocycles. The Balaban J connectivity index is 3.25. The molecule has 6 nitrogen and oxygen atoms in total. The third-order valence-electron chi connectivity index (χ3n) is 3.17. The van der Waals surface area contributed by atoms with Gasteiger partial charge in [-0.15, -0.1) is 0 Å². The first-order chi connectivity index (χ1) is 9.52. The molecule has 2 unspecified atom stereocenters. The highest BCUT2D eigenvalue weighted by molar-refractivity contribution is 7.84. The summed E-state index contributed by atoms with van der Waals surface area (Å²) in [6.07, 6.45) is 1.65. The van der Waals surface area contributed by atoms with Crippen LogP contribution in [0.3, 0.4) is 0 Å². The van der Waals surface area contributed by atoms with Crippen LogP contribution in [0, 0.1) is 0 Å². The number of hydrogen-bond donors (Lipinski definition) is 1. The van der Waals surface area contributed by atoms with Crippen LogP contribution in [-0.4, -0.2) is 50.4 Å². The fourth-order valence-electron chi connectivity index (χ4n) is 1.77. The van der Waals surface area contributed by atoms with Gasteiger partial charge in [0, 0.05) is 47.4 Å². The first kappa shape index (κ1) is 17.6. The van der Waals surface area contributed by atoms with Gasteiger partial charge in [-0.2, -0.15) is 0 Å². The van der Waals surface area contributed by atoms with Crippen molar-refractivity contribution < 1.29 is 14.1 Å². The van der Waals surface area contributed by atoms with Crippen LogP contribution in [0.5, 0.6) is 0 Å². The van der Waals surface area contributed by atoms with Crippen LogP contribution in [0.4, 0.5) is 5.82 Å². The SMILES string of the molecule is CC(CS(C)=O)N(C)c1cc(C(C)(C)C)nc(C(=O)O)n1. The van der Waals surface area contributed by atoms with Crippen molar-refractivity contribution in [1.82, 2.24) is 9.97 Å². The van der Waals surface area contributed by atoms with Crippen LogP contribution in [0.2, 0.25) is 0 Å². The molecule has 0 amide bonds. The lowest BCUT2D eigenvalue weighted by atomic mass is 9.92. The zero-order valence-electron chi connectivity index (χ0n) is 13.4. The van der Waals surface area contributed by atoms with Crippen LogP contribution in [-0.2, 0) is 16.2 Å². The van der Waals surface area contributed by atoms with Gasteiger partial charge in [-0.1, -0.05) is 20.8 Å². The largest absolute Gasteiger partial charge is 0.475 e. The fourth-order valence-corrected chi connectivity index (χ4v) is 2.68. The van der Waals surface area contributed by atoms with Crippen molar-refractivity contribution in [2.75, 3.05) is 24.0 Å². The Kier molecular flexibility index (Phi) is 5.44. The van der Waals surface area contributed by atoms with Crippen LogP contribution in [0.15, 0.2) is 6.07 Å². The molecule has 0 aliphatic carbocycles. The van der Waals surface area contributed by atoms with E-state index in [1.165, 1.54) is 0 Å². The molecule has 0 radical (unpaired) electrons. The predicted molar refractivity (Wildman–Crippen MR) is 84.5 cm³/mol. The van der Waals surface area contributed by atoms with E-state index in [9.17, 15) is 14.1 Å². The topological polar surface area (TPSA) is 83.4 Å². The van der Waals surface area contributed by atoms with Gasteiger partial charge < -0.3 is 10.0 Å². The number of rotatable bonds is 5. The highest BCUT2D eigenvalue weighted by Gasteiger charge is 2.22. The molecule has 1 heterocycles. The smallest absolute Gasteiger partial charge is 0.374 e. The molecule has 0 aliphatic heterocycles. The molecule has 0 saturated heterocycles. The Morgan fingerprint density at radius 2 is 2.00 bits per heavy atom. The second-order valence-electron chi connectivity index (χ2n) is 6.19. The number of carboxylic acid groups (broad SMARTS) is 1. The molecule has 118 valence electrons. The van der Waals surface area contributed by atoms with Crippen molar-refractivity contribution in [3.8, 4) is 0 Å². The lowest BCUT2D eigenvalue weighted by Gasteiger charge is -2.27. The third-order valence-corrected chi connectivity index (χ3v) is 4.12. The maximum absolute atomic E-state index is 11.3. The van der Waals surface area contributed by atoms with E-state index in [-0.39, 0.29) is 17.3 Å². The summed E-state index contributed by atoms with van der Waals surface area (Å²) >= 11 is 0. The van der Waals surface area contributed by atoms with Crippen LogP contribution >= 0.6 is 0 Å². The molecule has 1 aromatic heterocycles. The molecule has 0 bridgehead atoms. The minimum Gasteiger partial charge on any atom is -0.475 e. The third kappa shape index (κ3) is 4.77. The second-order valence-corrected chi connectivity index (χ2v) is 7.67. The molecule has 0 spiro atoms. The van der Waals surface area contributed by atoms with Gasteiger partial charge in [-0.05, 0) is 6.92 Å². The van der Waals surface area contributed by atoms with Crippen molar-refractivity contribution in [3.05, 3.63) is 17.6 Å². The van der Waals surface area contributed by atoms with Crippen LogP contribution < -0.4 is 4.90 Å². The van der Waals surface area contributed by atoms with Gasteiger partial charge in [0.25, 0.3) is 0 Å². The average molecular weight is 313 g/mol. The summed E-state index contributed by atoms with van der Waals surface area (Å²) in [5.41, 5.74) is 0.390. The number of aromatic carboxylic acids is 1. The Labute approximate surface area is 128 Å². The Hall–Kier alpha value is -1.50. The van der Waals surface area contributed by atoms with Crippen molar-refractivity contribution in [1.29, 1.82) is 0 Å². The number of carboxylic acids is 1. The Morgan fingerprint density at radius 3 is 2.43 bits per heavy atom. The lowest BCUT2D eigenvalue weighted by Crippen LogP contribution is -2.34. The molecular formula is C14H23N3O3S. The zero-order chi connectivity index (χ0) is 16.4. The van der Waals surface area contributed by atoms with Gasteiger partial charge in [0.15, 0.2) is 0 Å². The predicted octanol–water partition coefficient (Wildman–Crippen LogP) is 1.68. The average Bonchev–Trinajstić information content (AvgIpc) is 2.35. The summed E-state index contributed by atoms with van der Waals surface area (Å²) in [7, 11) is 0.889. The fraction of sp³-hybridized carbons (Fsp3) is 0.643. The normalized spacial score (nSPS) is 14.6. The molecule has 0 fully saturated rings. The first-order valence-electron chi connectivity index (χ1n) is 6.68. The van der Waals surface area contributed by atoms with Gasteiger partial charge in [0.1, 0.15) is 5.82 Å². The van der Waals surface area contributed by atoms with Gasteiger partial charge in [0.05, 0.1) is 5.69 Å². The highest BCUT2D eigenvalue weighted by Crippen LogP contribution is 2.24. The van der Waals surface area contributed by atoms with E-state index in [0.29, 0.717) is 17.3 Å². The monoisotopic (exact) mass is 313 g/mol. The molecular weight excluding hydrogens is 290 g/mol. The number of hydrogen-bond acceptors (Lipinski definition) is 5. The van der Waals surface area contributed by atoms with E-state index in [1.807, 2.05) is 39.6 Å². The molecule has 21 heavy (non-hydrogen) atoms. The van der Waals surface area contributed by atoms with E-state index in [4.69, 9.17) is 0 Å². The van der Waals surface area contributed by atoms with Gasteiger partial charge in [-0.25, -0.2) is 14.8 Å². The van der Waals surface area contributed by atoms with Crippen LogP contribution in [0.25, 0.3) is 0 Å². The molecule has 0 aliphatic rings. The standard InChI is InChI=1S/C14H23N3O3S/c1-9(8-21(6)20)17(5)11-7-10(14(2,3)4)15-12(16-11)13(18)19/h7,9H,8H2,1-6H3,(H,18,19). The summed E-state index contributed by atoms with van der Waals surface area (Å²) in [6.45, 7) is 7.83.